The normalized spacial score (nSPS) is 18.0. The number of nitrogens with zero attached hydrogens (tertiary/aromatic N) is 2. The Morgan fingerprint density at radius 3 is 2.59 bits per heavy atom. The summed E-state index contributed by atoms with van der Waals surface area (Å²) in [4.78, 5) is 30.0. The lowest BCUT2D eigenvalue weighted by Gasteiger charge is -2.15. The Morgan fingerprint density at radius 2 is 1.86 bits per heavy atom. The quantitative estimate of drug-likeness (QED) is 0.850. The van der Waals surface area contributed by atoms with Gasteiger partial charge in [-0.3, -0.25) is 14.6 Å². The molecule has 5 nitrogen and oxygen atoms in total. The Kier molecular flexibility index (Phi) is 4.25. The van der Waals surface area contributed by atoms with Crippen LogP contribution in [0.4, 0.5) is 5.69 Å². The third kappa shape index (κ3) is 3.04. The van der Waals surface area contributed by atoms with Crippen LogP contribution in [0.3, 0.4) is 0 Å². The minimum Gasteiger partial charge on any atom is -0.305 e. The molecule has 0 saturated carbocycles. The van der Waals surface area contributed by atoms with Crippen LogP contribution in [0.2, 0.25) is 0 Å². The number of rotatable bonds is 5. The Morgan fingerprint density at radius 1 is 1.09 bits per heavy atom. The molecule has 1 aliphatic rings. The molecular weight excluding hydrogens is 278 g/mol. The molecule has 22 heavy (non-hydrogen) atoms. The summed E-state index contributed by atoms with van der Waals surface area (Å²) in [5.41, 5.74) is 1.60. The summed E-state index contributed by atoms with van der Waals surface area (Å²) in [7, 11) is 0. The van der Waals surface area contributed by atoms with Gasteiger partial charge in [-0.25, -0.2) is 4.90 Å². The molecule has 2 aromatic rings. The van der Waals surface area contributed by atoms with Gasteiger partial charge in [-0.2, -0.15) is 0 Å². The monoisotopic (exact) mass is 295 g/mol. The van der Waals surface area contributed by atoms with E-state index in [-0.39, 0.29) is 18.2 Å². The molecular formula is C17H17N3O2. The summed E-state index contributed by atoms with van der Waals surface area (Å²) in [6.07, 6.45) is 2.68. The van der Waals surface area contributed by atoms with Crippen molar-refractivity contribution in [2.24, 2.45) is 0 Å². The van der Waals surface area contributed by atoms with E-state index < -0.39 is 6.04 Å². The second-order valence-electron chi connectivity index (χ2n) is 5.18. The first kappa shape index (κ1) is 14.4. The molecule has 1 aliphatic heterocycles. The van der Waals surface area contributed by atoms with Gasteiger partial charge in [0.25, 0.3) is 5.91 Å². The zero-order valence-corrected chi connectivity index (χ0v) is 12.1. The molecule has 0 spiro atoms. The fraction of sp³-hybridized carbons (Fsp3) is 0.235. The average molecular weight is 295 g/mol. The highest BCUT2D eigenvalue weighted by Gasteiger charge is 2.38. The maximum atomic E-state index is 12.4. The molecule has 0 bridgehead atoms. The van der Waals surface area contributed by atoms with Crippen molar-refractivity contribution in [3.05, 3.63) is 60.4 Å². The summed E-state index contributed by atoms with van der Waals surface area (Å²) in [6, 6.07) is 14.3. The highest BCUT2D eigenvalue weighted by molar-refractivity contribution is 6.22. The number of hydrogen-bond acceptors (Lipinski definition) is 4. The molecule has 1 atom stereocenters. The van der Waals surface area contributed by atoms with Crippen LogP contribution in [0.1, 0.15) is 12.1 Å². The number of anilines is 1. The highest BCUT2D eigenvalue weighted by Crippen LogP contribution is 2.22. The molecule has 5 heteroatoms. The van der Waals surface area contributed by atoms with E-state index in [0.29, 0.717) is 12.2 Å². The molecule has 2 amide bonds. The van der Waals surface area contributed by atoms with Gasteiger partial charge < -0.3 is 5.32 Å². The van der Waals surface area contributed by atoms with E-state index in [1.807, 2.05) is 36.4 Å². The summed E-state index contributed by atoms with van der Waals surface area (Å²) < 4.78 is 0. The molecule has 0 unspecified atom stereocenters. The number of carbonyl (C=O) groups is 2. The number of benzene rings is 1. The van der Waals surface area contributed by atoms with E-state index >= 15 is 0 Å². The van der Waals surface area contributed by atoms with Crippen LogP contribution in [0.25, 0.3) is 0 Å². The zero-order valence-electron chi connectivity index (χ0n) is 12.1. The lowest BCUT2D eigenvalue weighted by atomic mass is 10.2. The Labute approximate surface area is 129 Å². The van der Waals surface area contributed by atoms with Crippen LogP contribution in [0.5, 0.6) is 0 Å². The molecule has 1 fully saturated rings. The maximum Gasteiger partial charge on any atom is 0.251 e. The summed E-state index contributed by atoms with van der Waals surface area (Å²) in [5.74, 6) is -0.344. The molecule has 1 saturated heterocycles. The van der Waals surface area contributed by atoms with Crippen LogP contribution in [0, 0.1) is 0 Å². The number of carbonyl (C=O) groups excluding carboxylic acids is 2. The predicted molar refractivity (Wildman–Crippen MR) is 83.3 cm³/mol. The fourth-order valence-electron chi connectivity index (χ4n) is 2.56. The van der Waals surface area contributed by atoms with E-state index in [1.165, 1.54) is 4.90 Å². The van der Waals surface area contributed by atoms with Crippen molar-refractivity contribution in [3.8, 4) is 0 Å². The van der Waals surface area contributed by atoms with Crippen LogP contribution in [-0.4, -0.2) is 29.4 Å². The number of pyridine rings is 1. The minimum atomic E-state index is -0.448. The van der Waals surface area contributed by atoms with Crippen molar-refractivity contribution in [3.63, 3.8) is 0 Å². The van der Waals surface area contributed by atoms with E-state index in [9.17, 15) is 9.59 Å². The van der Waals surface area contributed by atoms with Crippen molar-refractivity contribution < 1.29 is 9.59 Å². The number of nitrogens with one attached hydrogen (secondary N) is 1. The van der Waals surface area contributed by atoms with Gasteiger partial charge in [-0.15, -0.1) is 0 Å². The summed E-state index contributed by atoms with van der Waals surface area (Å²) in [6.45, 7) is 0.614. The molecule has 1 aromatic carbocycles. The van der Waals surface area contributed by atoms with Crippen molar-refractivity contribution in [2.45, 2.75) is 18.9 Å². The predicted octanol–water partition coefficient (Wildman–Crippen LogP) is 1.55. The molecule has 0 radical (unpaired) electrons. The van der Waals surface area contributed by atoms with Gasteiger partial charge in [0, 0.05) is 24.9 Å². The summed E-state index contributed by atoms with van der Waals surface area (Å²) in [5, 5.41) is 3.16. The lowest BCUT2D eigenvalue weighted by molar-refractivity contribution is -0.121. The van der Waals surface area contributed by atoms with Crippen molar-refractivity contribution in [1.29, 1.82) is 0 Å². The number of para-hydroxylation sites is 1. The van der Waals surface area contributed by atoms with Gasteiger partial charge in [0.2, 0.25) is 5.91 Å². The van der Waals surface area contributed by atoms with Crippen molar-refractivity contribution >= 4 is 17.5 Å². The number of imide groups is 1. The van der Waals surface area contributed by atoms with Gasteiger partial charge in [-0.05, 0) is 24.3 Å². The molecule has 3 rings (SSSR count). The van der Waals surface area contributed by atoms with Gasteiger partial charge >= 0.3 is 0 Å². The Balaban J connectivity index is 1.60. The number of amides is 2. The van der Waals surface area contributed by atoms with E-state index in [4.69, 9.17) is 0 Å². The molecule has 0 aliphatic carbocycles. The number of aromatic nitrogens is 1. The van der Waals surface area contributed by atoms with Crippen LogP contribution >= 0.6 is 0 Å². The third-order valence-corrected chi connectivity index (χ3v) is 3.66. The van der Waals surface area contributed by atoms with Gasteiger partial charge in [0.05, 0.1) is 18.2 Å². The van der Waals surface area contributed by atoms with Crippen LogP contribution in [0.15, 0.2) is 54.7 Å². The van der Waals surface area contributed by atoms with Crippen LogP contribution in [-0.2, 0) is 16.0 Å². The molecule has 2 heterocycles. The van der Waals surface area contributed by atoms with E-state index in [1.54, 1.807) is 18.3 Å². The maximum absolute atomic E-state index is 12.4. The second-order valence-corrected chi connectivity index (χ2v) is 5.18. The first-order valence-electron chi connectivity index (χ1n) is 7.31. The fourth-order valence-corrected chi connectivity index (χ4v) is 2.56. The van der Waals surface area contributed by atoms with Crippen molar-refractivity contribution in [2.75, 3.05) is 11.4 Å². The molecule has 112 valence electrons. The molecule has 1 aromatic heterocycles. The SMILES string of the molecule is O=C1C[C@H](NCCc2ccccn2)C(=O)N1c1ccccc1. The van der Waals surface area contributed by atoms with E-state index in [0.717, 1.165) is 12.1 Å². The largest absolute Gasteiger partial charge is 0.305 e. The second kappa shape index (κ2) is 6.49. The Bertz CT molecular complexity index is 658. The zero-order chi connectivity index (χ0) is 15.4. The highest BCUT2D eigenvalue weighted by atomic mass is 16.2. The van der Waals surface area contributed by atoms with Crippen molar-refractivity contribution in [1.82, 2.24) is 10.3 Å². The average Bonchev–Trinajstić information content (AvgIpc) is 2.83. The number of hydrogen-bond donors (Lipinski definition) is 1. The third-order valence-electron chi connectivity index (χ3n) is 3.66. The first-order valence-corrected chi connectivity index (χ1v) is 7.31. The first-order chi connectivity index (χ1) is 10.8. The lowest BCUT2D eigenvalue weighted by Crippen LogP contribution is -2.39. The van der Waals surface area contributed by atoms with Gasteiger partial charge in [0.15, 0.2) is 0 Å². The smallest absolute Gasteiger partial charge is 0.251 e. The summed E-state index contributed by atoms with van der Waals surface area (Å²) >= 11 is 0. The standard InChI is InChI=1S/C17H17N3O2/c21-16-12-15(19-11-9-13-6-4-5-10-18-13)17(22)20(16)14-7-2-1-3-8-14/h1-8,10,15,19H,9,11-12H2/t15-/m0/s1. The van der Waals surface area contributed by atoms with Crippen LogP contribution < -0.4 is 10.2 Å². The molecule has 1 N–H and O–H groups in total. The van der Waals surface area contributed by atoms with Gasteiger partial charge in [0.1, 0.15) is 0 Å². The van der Waals surface area contributed by atoms with Gasteiger partial charge in [-0.1, -0.05) is 24.3 Å². The van der Waals surface area contributed by atoms with E-state index in [2.05, 4.69) is 10.3 Å². The minimum absolute atomic E-state index is 0.161. The topological polar surface area (TPSA) is 62.3 Å². The Hall–Kier alpha value is -2.53.